The van der Waals surface area contributed by atoms with E-state index in [2.05, 4.69) is 19.8 Å². The van der Waals surface area contributed by atoms with Crippen molar-refractivity contribution in [1.29, 1.82) is 0 Å². The summed E-state index contributed by atoms with van der Waals surface area (Å²) >= 11 is 0. The topological polar surface area (TPSA) is 69.4 Å². The Morgan fingerprint density at radius 2 is 2.18 bits per heavy atom. The molecule has 0 aromatic carbocycles. The van der Waals surface area contributed by atoms with Crippen LogP contribution in [-0.2, 0) is 17.6 Å². The number of nitrogens with zero attached hydrogens (tertiary/aromatic N) is 4. The van der Waals surface area contributed by atoms with Crippen molar-refractivity contribution in [2.75, 3.05) is 7.11 Å². The molecule has 6 heteroatoms. The van der Waals surface area contributed by atoms with Gasteiger partial charge >= 0.3 is 5.97 Å². The van der Waals surface area contributed by atoms with Crippen LogP contribution in [0.4, 0.5) is 0 Å². The summed E-state index contributed by atoms with van der Waals surface area (Å²) in [6, 6.07) is 0. The molecular weight excluding hydrogens is 220 g/mol. The van der Waals surface area contributed by atoms with Crippen LogP contribution in [0.15, 0.2) is 0 Å². The Morgan fingerprint density at radius 1 is 1.35 bits per heavy atom. The Balaban J connectivity index is 2.26. The van der Waals surface area contributed by atoms with Gasteiger partial charge in [0, 0.05) is 5.69 Å². The van der Waals surface area contributed by atoms with Crippen molar-refractivity contribution in [2.45, 2.75) is 26.2 Å². The summed E-state index contributed by atoms with van der Waals surface area (Å²) in [6.45, 7) is 1.97. The summed E-state index contributed by atoms with van der Waals surface area (Å²) in [5.74, 6) is 0.0168. The molecule has 2 aromatic rings. The second kappa shape index (κ2) is 3.51. The molecule has 17 heavy (non-hydrogen) atoms. The van der Waals surface area contributed by atoms with Crippen LogP contribution in [0, 0.1) is 6.92 Å². The van der Waals surface area contributed by atoms with Crippen LogP contribution in [0.3, 0.4) is 0 Å². The van der Waals surface area contributed by atoms with Crippen molar-refractivity contribution in [2.24, 2.45) is 0 Å². The fourth-order valence-electron chi connectivity index (χ4n) is 2.30. The highest BCUT2D eigenvalue weighted by Gasteiger charge is 2.22. The Kier molecular flexibility index (Phi) is 2.10. The molecule has 1 aliphatic carbocycles. The molecule has 88 valence electrons. The molecule has 0 amide bonds. The number of methoxy groups -OCH3 is 1. The van der Waals surface area contributed by atoms with Gasteiger partial charge in [0.1, 0.15) is 0 Å². The minimum atomic E-state index is -0.528. The number of aromatic nitrogens is 4. The van der Waals surface area contributed by atoms with E-state index in [0.29, 0.717) is 5.78 Å². The Hall–Kier alpha value is -1.98. The molecule has 1 aliphatic rings. The average molecular weight is 232 g/mol. The number of rotatable bonds is 1. The summed E-state index contributed by atoms with van der Waals surface area (Å²) in [5, 5.41) is 4.16. The van der Waals surface area contributed by atoms with Crippen molar-refractivity contribution < 1.29 is 9.53 Å². The average Bonchev–Trinajstić information content (AvgIpc) is 2.92. The third-order valence-electron chi connectivity index (χ3n) is 3.11. The number of hydrogen-bond donors (Lipinski definition) is 0. The molecule has 0 atom stereocenters. The van der Waals surface area contributed by atoms with E-state index in [1.165, 1.54) is 12.7 Å². The highest BCUT2D eigenvalue weighted by molar-refractivity contribution is 5.85. The Labute approximate surface area is 97.6 Å². The van der Waals surface area contributed by atoms with Crippen molar-refractivity contribution in [3.63, 3.8) is 0 Å². The lowest BCUT2D eigenvalue weighted by atomic mass is 10.2. The van der Waals surface area contributed by atoms with Gasteiger partial charge in [0.2, 0.25) is 0 Å². The molecule has 6 nitrogen and oxygen atoms in total. The molecule has 0 saturated heterocycles. The SMILES string of the molecule is COC(=O)c1nc2nc(C)c3c(n2n1)CCC3. The van der Waals surface area contributed by atoms with Gasteiger partial charge in [0.25, 0.3) is 11.6 Å². The van der Waals surface area contributed by atoms with Gasteiger partial charge < -0.3 is 4.74 Å². The van der Waals surface area contributed by atoms with E-state index in [4.69, 9.17) is 0 Å². The molecule has 2 heterocycles. The fraction of sp³-hybridized carbons (Fsp3) is 0.455. The highest BCUT2D eigenvalue weighted by Crippen LogP contribution is 2.24. The van der Waals surface area contributed by atoms with E-state index in [9.17, 15) is 4.79 Å². The smallest absolute Gasteiger partial charge is 0.378 e. The predicted molar refractivity (Wildman–Crippen MR) is 58.9 cm³/mol. The molecule has 2 aromatic heterocycles. The van der Waals surface area contributed by atoms with Crippen molar-refractivity contribution in [1.82, 2.24) is 19.6 Å². The van der Waals surface area contributed by atoms with Gasteiger partial charge in [0.15, 0.2) is 0 Å². The van der Waals surface area contributed by atoms with E-state index in [-0.39, 0.29) is 5.82 Å². The summed E-state index contributed by atoms with van der Waals surface area (Å²) < 4.78 is 6.28. The molecule has 0 bridgehead atoms. The van der Waals surface area contributed by atoms with E-state index >= 15 is 0 Å². The number of esters is 1. The van der Waals surface area contributed by atoms with Crippen molar-refractivity contribution >= 4 is 11.7 Å². The van der Waals surface area contributed by atoms with E-state index in [1.807, 2.05) is 6.92 Å². The number of carbonyl (C=O) groups excluding carboxylic acids is 1. The molecule has 0 N–H and O–H groups in total. The summed E-state index contributed by atoms with van der Waals surface area (Å²) in [5.41, 5.74) is 3.34. The number of carbonyl (C=O) groups is 1. The number of fused-ring (bicyclic) bond motifs is 3. The standard InChI is InChI=1S/C11H12N4O2/c1-6-7-4-3-5-8(7)15-11(12-6)13-9(14-15)10(16)17-2/h3-5H2,1-2H3. The summed E-state index contributed by atoms with van der Waals surface area (Å²) in [7, 11) is 1.32. The van der Waals surface area contributed by atoms with Crippen LogP contribution in [0.5, 0.6) is 0 Å². The van der Waals surface area contributed by atoms with Gasteiger partial charge in [-0.05, 0) is 31.7 Å². The van der Waals surface area contributed by atoms with Crippen LogP contribution < -0.4 is 0 Å². The largest absolute Gasteiger partial charge is 0.463 e. The minimum Gasteiger partial charge on any atom is -0.463 e. The lowest BCUT2D eigenvalue weighted by Gasteiger charge is -2.03. The third kappa shape index (κ3) is 1.40. The highest BCUT2D eigenvalue weighted by atomic mass is 16.5. The first-order valence-electron chi connectivity index (χ1n) is 5.54. The number of hydrogen-bond acceptors (Lipinski definition) is 5. The zero-order chi connectivity index (χ0) is 12.0. The van der Waals surface area contributed by atoms with Gasteiger partial charge in [-0.1, -0.05) is 0 Å². The normalized spacial score (nSPS) is 14.0. The molecule has 0 saturated carbocycles. The van der Waals surface area contributed by atoms with Gasteiger partial charge in [-0.15, -0.1) is 5.10 Å². The molecule has 0 aliphatic heterocycles. The maximum absolute atomic E-state index is 11.4. The maximum Gasteiger partial charge on any atom is 0.378 e. The third-order valence-corrected chi connectivity index (χ3v) is 3.11. The van der Waals surface area contributed by atoms with Crippen molar-refractivity contribution in [3.8, 4) is 0 Å². The fourth-order valence-corrected chi connectivity index (χ4v) is 2.30. The summed E-state index contributed by atoms with van der Waals surface area (Å²) in [4.78, 5) is 19.8. The first kappa shape index (κ1) is 10.2. The van der Waals surface area contributed by atoms with Crippen molar-refractivity contribution in [3.05, 3.63) is 22.8 Å². The zero-order valence-electron chi connectivity index (χ0n) is 9.73. The Bertz CT molecular complexity index is 617. The van der Waals surface area contributed by atoms with Gasteiger partial charge in [-0.2, -0.15) is 4.98 Å². The quantitative estimate of drug-likeness (QED) is 0.677. The predicted octanol–water partition coefficient (Wildman–Crippen LogP) is 0.708. The zero-order valence-corrected chi connectivity index (χ0v) is 9.73. The molecular formula is C11H12N4O2. The molecule has 0 spiro atoms. The van der Waals surface area contributed by atoms with Gasteiger partial charge in [0.05, 0.1) is 12.8 Å². The molecule has 0 radical (unpaired) electrons. The second-order valence-corrected chi connectivity index (χ2v) is 4.11. The number of aryl methyl sites for hydroxylation is 2. The molecule has 3 rings (SSSR count). The first-order valence-corrected chi connectivity index (χ1v) is 5.54. The Morgan fingerprint density at radius 3 is 2.94 bits per heavy atom. The first-order chi connectivity index (χ1) is 8.20. The minimum absolute atomic E-state index is 0.0692. The van der Waals surface area contributed by atoms with Gasteiger partial charge in [-0.3, -0.25) is 0 Å². The summed E-state index contributed by atoms with van der Waals surface area (Å²) in [6.07, 6.45) is 3.08. The van der Waals surface area contributed by atoms with Crippen LogP contribution in [-0.4, -0.2) is 32.7 Å². The van der Waals surface area contributed by atoms with E-state index < -0.39 is 5.97 Å². The maximum atomic E-state index is 11.4. The monoisotopic (exact) mass is 232 g/mol. The van der Waals surface area contributed by atoms with Crippen LogP contribution in [0.1, 0.15) is 34.0 Å². The van der Waals surface area contributed by atoms with Crippen LogP contribution >= 0.6 is 0 Å². The van der Waals surface area contributed by atoms with E-state index in [0.717, 1.165) is 30.7 Å². The molecule has 0 unspecified atom stereocenters. The van der Waals surface area contributed by atoms with Crippen LogP contribution in [0.25, 0.3) is 5.78 Å². The van der Waals surface area contributed by atoms with Crippen LogP contribution in [0.2, 0.25) is 0 Å². The molecule has 0 fully saturated rings. The van der Waals surface area contributed by atoms with E-state index in [1.54, 1.807) is 4.52 Å². The lowest BCUT2D eigenvalue weighted by molar-refractivity contribution is 0.0587. The number of ether oxygens (including phenoxy) is 1. The second-order valence-electron chi connectivity index (χ2n) is 4.11. The lowest BCUT2D eigenvalue weighted by Crippen LogP contribution is -2.05. The van der Waals surface area contributed by atoms with Gasteiger partial charge in [-0.25, -0.2) is 14.3 Å².